The molecular formula is C13H18ClFN2O2. The molecule has 6 heteroatoms. The van der Waals surface area contributed by atoms with Gasteiger partial charge in [-0.25, -0.2) is 9.18 Å². The second kappa shape index (κ2) is 7.43. The summed E-state index contributed by atoms with van der Waals surface area (Å²) in [6, 6.07) is 3.29. The fourth-order valence-corrected chi connectivity index (χ4v) is 1.86. The standard InChI is InChI=1S/C13H18ClFN2O2/c1-17(2)5-4-16-12(13(18)19-3)9-6-10(14)8-11(15)7-9/h6-8,12,16H,4-5H2,1-3H3. The highest BCUT2D eigenvalue weighted by Gasteiger charge is 2.21. The van der Waals surface area contributed by atoms with Crippen molar-refractivity contribution in [2.24, 2.45) is 0 Å². The molecule has 0 bridgehead atoms. The third-order valence-corrected chi connectivity index (χ3v) is 2.78. The third kappa shape index (κ3) is 5.14. The number of ether oxygens (including phenoxy) is 1. The van der Waals surface area contributed by atoms with Crippen molar-refractivity contribution >= 4 is 17.6 Å². The van der Waals surface area contributed by atoms with Gasteiger partial charge in [0.1, 0.15) is 11.9 Å². The molecule has 0 aliphatic heterocycles. The van der Waals surface area contributed by atoms with E-state index in [0.29, 0.717) is 12.1 Å². The van der Waals surface area contributed by atoms with Crippen molar-refractivity contribution in [2.75, 3.05) is 34.3 Å². The highest BCUT2D eigenvalue weighted by molar-refractivity contribution is 6.30. The second-order valence-corrected chi connectivity index (χ2v) is 4.85. The molecule has 0 aromatic heterocycles. The van der Waals surface area contributed by atoms with E-state index in [1.807, 2.05) is 19.0 Å². The Labute approximate surface area is 117 Å². The van der Waals surface area contributed by atoms with Crippen LogP contribution in [-0.2, 0) is 9.53 Å². The maximum absolute atomic E-state index is 13.3. The number of nitrogens with one attached hydrogen (secondary N) is 1. The van der Waals surface area contributed by atoms with Crippen molar-refractivity contribution in [1.29, 1.82) is 0 Å². The van der Waals surface area contributed by atoms with Crippen LogP contribution in [0, 0.1) is 5.82 Å². The fraction of sp³-hybridized carbons (Fsp3) is 0.462. The Morgan fingerprint density at radius 2 is 2.16 bits per heavy atom. The van der Waals surface area contributed by atoms with Gasteiger partial charge in [-0.2, -0.15) is 0 Å². The molecule has 1 unspecified atom stereocenters. The average Bonchev–Trinajstić information content (AvgIpc) is 2.32. The Kier molecular flexibility index (Phi) is 6.21. The van der Waals surface area contributed by atoms with E-state index in [1.165, 1.54) is 19.2 Å². The van der Waals surface area contributed by atoms with Gasteiger partial charge in [-0.05, 0) is 37.9 Å². The number of carbonyl (C=O) groups is 1. The van der Waals surface area contributed by atoms with Gasteiger partial charge in [0.25, 0.3) is 0 Å². The van der Waals surface area contributed by atoms with Crippen LogP contribution in [0.25, 0.3) is 0 Å². The average molecular weight is 289 g/mol. The minimum atomic E-state index is -0.724. The van der Waals surface area contributed by atoms with E-state index >= 15 is 0 Å². The molecule has 1 aromatic rings. The minimum absolute atomic E-state index is 0.248. The fourth-order valence-electron chi connectivity index (χ4n) is 1.63. The monoisotopic (exact) mass is 288 g/mol. The summed E-state index contributed by atoms with van der Waals surface area (Å²) in [5.41, 5.74) is 0.454. The van der Waals surface area contributed by atoms with Gasteiger partial charge in [0, 0.05) is 18.1 Å². The lowest BCUT2D eigenvalue weighted by molar-refractivity contribution is -0.143. The van der Waals surface area contributed by atoms with Gasteiger partial charge < -0.3 is 9.64 Å². The number of halogens is 2. The predicted octanol–water partition coefficient (Wildman–Crippen LogP) is 1.84. The molecule has 0 amide bonds. The first-order valence-corrected chi connectivity index (χ1v) is 6.23. The van der Waals surface area contributed by atoms with Gasteiger partial charge in [-0.1, -0.05) is 11.6 Å². The zero-order valence-corrected chi connectivity index (χ0v) is 12.0. The van der Waals surface area contributed by atoms with Gasteiger partial charge >= 0.3 is 5.97 Å². The van der Waals surface area contributed by atoms with Crippen LogP contribution in [0.5, 0.6) is 0 Å². The molecule has 0 radical (unpaired) electrons. The Bertz CT molecular complexity index is 420. The van der Waals surface area contributed by atoms with Crippen LogP contribution in [0.4, 0.5) is 4.39 Å². The second-order valence-electron chi connectivity index (χ2n) is 4.42. The molecular weight excluding hydrogens is 271 g/mol. The lowest BCUT2D eigenvalue weighted by Gasteiger charge is -2.18. The molecule has 0 heterocycles. The number of hydrogen-bond acceptors (Lipinski definition) is 4. The highest BCUT2D eigenvalue weighted by atomic mass is 35.5. The topological polar surface area (TPSA) is 41.6 Å². The van der Waals surface area contributed by atoms with E-state index in [-0.39, 0.29) is 5.02 Å². The maximum atomic E-state index is 13.3. The quantitative estimate of drug-likeness (QED) is 0.811. The predicted molar refractivity (Wildman–Crippen MR) is 72.7 cm³/mol. The maximum Gasteiger partial charge on any atom is 0.327 e. The molecule has 0 saturated heterocycles. The number of likely N-dealkylation sites (N-methyl/N-ethyl adjacent to an activating group) is 1. The number of hydrogen-bond donors (Lipinski definition) is 1. The summed E-state index contributed by atoms with van der Waals surface area (Å²) in [5, 5.41) is 3.28. The van der Waals surface area contributed by atoms with Crippen molar-refractivity contribution in [3.63, 3.8) is 0 Å². The molecule has 0 spiro atoms. The summed E-state index contributed by atoms with van der Waals surface area (Å²) in [6.45, 7) is 1.32. The first-order valence-electron chi connectivity index (χ1n) is 5.86. The lowest BCUT2D eigenvalue weighted by atomic mass is 10.1. The number of rotatable bonds is 6. The molecule has 0 aliphatic rings. The first kappa shape index (κ1) is 15.9. The Hall–Kier alpha value is -1.17. The van der Waals surface area contributed by atoms with Gasteiger partial charge in [-0.3, -0.25) is 5.32 Å². The Morgan fingerprint density at radius 3 is 2.68 bits per heavy atom. The van der Waals surface area contributed by atoms with Crippen LogP contribution in [-0.4, -0.2) is 45.2 Å². The molecule has 0 aliphatic carbocycles. The lowest BCUT2D eigenvalue weighted by Crippen LogP contribution is -2.34. The molecule has 1 aromatic carbocycles. The molecule has 0 fully saturated rings. The summed E-state index contributed by atoms with van der Waals surface area (Å²) >= 11 is 5.80. The van der Waals surface area contributed by atoms with Crippen molar-refractivity contribution in [1.82, 2.24) is 10.2 Å². The zero-order valence-electron chi connectivity index (χ0n) is 11.2. The van der Waals surface area contributed by atoms with E-state index < -0.39 is 17.8 Å². The molecule has 4 nitrogen and oxygen atoms in total. The van der Waals surface area contributed by atoms with Crippen LogP contribution in [0.15, 0.2) is 18.2 Å². The number of benzene rings is 1. The number of methoxy groups -OCH3 is 1. The summed E-state index contributed by atoms with van der Waals surface area (Å²) in [7, 11) is 5.14. The zero-order chi connectivity index (χ0) is 14.4. The Balaban J connectivity index is 2.86. The summed E-state index contributed by atoms with van der Waals surface area (Å²) in [6.07, 6.45) is 0. The minimum Gasteiger partial charge on any atom is -0.468 e. The highest BCUT2D eigenvalue weighted by Crippen LogP contribution is 2.21. The largest absolute Gasteiger partial charge is 0.468 e. The summed E-state index contributed by atoms with van der Waals surface area (Å²) in [5.74, 6) is -0.953. The van der Waals surface area contributed by atoms with Crippen molar-refractivity contribution in [3.05, 3.63) is 34.6 Å². The SMILES string of the molecule is COC(=O)C(NCCN(C)C)c1cc(F)cc(Cl)c1. The van der Waals surface area contributed by atoms with Crippen LogP contribution in [0.2, 0.25) is 5.02 Å². The first-order chi connectivity index (χ1) is 8.93. The molecule has 1 rings (SSSR count). The van der Waals surface area contributed by atoms with Crippen LogP contribution >= 0.6 is 11.6 Å². The van der Waals surface area contributed by atoms with E-state index in [1.54, 1.807) is 6.07 Å². The van der Waals surface area contributed by atoms with E-state index in [4.69, 9.17) is 16.3 Å². The van der Waals surface area contributed by atoms with Gasteiger partial charge in [0.05, 0.1) is 7.11 Å². The molecule has 0 saturated carbocycles. The van der Waals surface area contributed by atoms with E-state index in [0.717, 1.165) is 6.54 Å². The Morgan fingerprint density at radius 1 is 1.47 bits per heavy atom. The van der Waals surface area contributed by atoms with Gasteiger partial charge in [0.2, 0.25) is 0 Å². The van der Waals surface area contributed by atoms with E-state index in [2.05, 4.69) is 5.32 Å². The summed E-state index contributed by atoms with van der Waals surface area (Å²) < 4.78 is 18.1. The van der Waals surface area contributed by atoms with Crippen LogP contribution < -0.4 is 5.32 Å². The van der Waals surface area contributed by atoms with E-state index in [9.17, 15) is 9.18 Å². The number of nitrogens with zero attached hydrogens (tertiary/aromatic N) is 1. The van der Waals surface area contributed by atoms with Crippen LogP contribution in [0.1, 0.15) is 11.6 Å². The molecule has 106 valence electrons. The normalized spacial score (nSPS) is 12.5. The number of carbonyl (C=O) groups excluding carboxylic acids is 1. The van der Waals surface area contributed by atoms with Gasteiger partial charge in [-0.15, -0.1) is 0 Å². The van der Waals surface area contributed by atoms with Gasteiger partial charge in [0.15, 0.2) is 0 Å². The molecule has 1 N–H and O–H groups in total. The van der Waals surface area contributed by atoms with Crippen molar-refractivity contribution in [3.8, 4) is 0 Å². The van der Waals surface area contributed by atoms with Crippen molar-refractivity contribution < 1.29 is 13.9 Å². The molecule has 19 heavy (non-hydrogen) atoms. The smallest absolute Gasteiger partial charge is 0.327 e. The number of esters is 1. The molecule has 1 atom stereocenters. The summed E-state index contributed by atoms with van der Waals surface area (Å²) in [4.78, 5) is 13.7. The van der Waals surface area contributed by atoms with Crippen molar-refractivity contribution in [2.45, 2.75) is 6.04 Å². The third-order valence-electron chi connectivity index (χ3n) is 2.56. The van der Waals surface area contributed by atoms with Crippen LogP contribution in [0.3, 0.4) is 0 Å².